The smallest absolute Gasteiger partial charge is 0.328 e. The van der Waals surface area contributed by atoms with Crippen LogP contribution in [0.3, 0.4) is 0 Å². The monoisotopic (exact) mass is 221 g/mol. The zero-order valence-electron chi connectivity index (χ0n) is 8.42. The molecule has 5 nitrogen and oxygen atoms in total. The number of benzene rings is 1. The van der Waals surface area contributed by atoms with Crippen molar-refractivity contribution in [2.24, 2.45) is 5.73 Å². The molecule has 0 aromatic heterocycles. The first-order valence-electron chi connectivity index (χ1n) is 4.51. The Labute approximate surface area is 92.1 Å². The number of ether oxygens (including phenoxy) is 1. The van der Waals surface area contributed by atoms with Gasteiger partial charge in [0, 0.05) is 11.6 Å². The van der Waals surface area contributed by atoms with Crippen LogP contribution in [-0.4, -0.2) is 23.6 Å². The largest absolute Gasteiger partial charge is 0.490 e. The number of carboxylic acid groups (broad SMARTS) is 1. The predicted molar refractivity (Wildman–Crippen MR) is 57.2 cm³/mol. The number of carbonyl (C=O) groups is 2. The molecular weight excluding hydrogens is 210 g/mol. The average molecular weight is 221 g/mol. The third-order valence-corrected chi connectivity index (χ3v) is 1.75. The van der Waals surface area contributed by atoms with Crippen LogP contribution in [0.25, 0.3) is 0 Å². The lowest BCUT2D eigenvalue weighted by Gasteiger charge is -2.02. The molecule has 1 rings (SSSR count). The van der Waals surface area contributed by atoms with Crippen LogP contribution in [0.4, 0.5) is 0 Å². The minimum Gasteiger partial charge on any atom is -0.490 e. The van der Waals surface area contributed by atoms with Gasteiger partial charge >= 0.3 is 5.97 Å². The summed E-state index contributed by atoms with van der Waals surface area (Å²) in [6, 6.07) is 6.26. The summed E-state index contributed by atoms with van der Waals surface area (Å²) in [7, 11) is 0. The minimum atomic E-state index is -1.02. The van der Waals surface area contributed by atoms with Gasteiger partial charge < -0.3 is 15.6 Å². The van der Waals surface area contributed by atoms with Crippen LogP contribution in [0.15, 0.2) is 36.4 Å². The number of hydrogen-bond donors (Lipinski definition) is 2. The fraction of sp³-hybridized carbons (Fsp3) is 0.0909. The number of primary amides is 1. The molecule has 1 amide bonds. The van der Waals surface area contributed by atoms with E-state index in [1.807, 2.05) is 0 Å². The Balaban J connectivity index is 2.49. The molecule has 1 aromatic rings. The zero-order valence-corrected chi connectivity index (χ0v) is 8.42. The van der Waals surface area contributed by atoms with Crippen molar-refractivity contribution in [3.63, 3.8) is 0 Å². The molecule has 0 saturated carbocycles. The number of carbonyl (C=O) groups excluding carboxylic acids is 1. The first-order chi connectivity index (χ1) is 7.59. The molecule has 84 valence electrons. The minimum absolute atomic E-state index is 0.155. The molecule has 0 atom stereocenters. The number of nitrogens with two attached hydrogens (primary N) is 1. The topological polar surface area (TPSA) is 89.6 Å². The molecule has 0 aliphatic carbocycles. The van der Waals surface area contributed by atoms with E-state index in [1.54, 1.807) is 24.3 Å². The summed E-state index contributed by atoms with van der Waals surface area (Å²) in [5, 5.41) is 8.31. The Bertz CT molecular complexity index is 408. The van der Waals surface area contributed by atoms with E-state index in [4.69, 9.17) is 15.6 Å². The van der Waals surface area contributed by atoms with E-state index in [-0.39, 0.29) is 6.61 Å². The summed E-state index contributed by atoms with van der Waals surface area (Å²) >= 11 is 0. The molecule has 16 heavy (non-hydrogen) atoms. The van der Waals surface area contributed by atoms with Crippen molar-refractivity contribution in [3.8, 4) is 5.75 Å². The maximum atomic E-state index is 10.8. The van der Waals surface area contributed by atoms with Crippen LogP contribution < -0.4 is 10.5 Å². The maximum Gasteiger partial charge on any atom is 0.328 e. The lowest BCUT2D eigenvalue weighted by atomic mass is 10.2. The Morgan fingerprint density at radius 1 is 1.31 bits per heavy atom. The molecular formula is C11H11NO4. The Morgan fingerprint density at radius 3 is 2.44 bits per heavy atom. The van der Waals surface area contributed by atoms with Gasteiger partial charge in [-0.1, -0.05) is 0 Å². The first kappa shape index (κ1) is 11.8. The Kier molecular flexibility index (Phi) is 4.08. The molecule has 0 heterocycles. The standard InChI is InChI=1S/C11H11NO4/c12-11(15)8-3-5-9(6-4-8)16-7-1-2-10(13)14/h1-6H,7H2,(H2,12,15)(H,13,14). The SMILES string of the molecule is NC(=O)c1ccc(OCC=CC(=O)O)cc1. The highest BCUT2D eigenvalue weighted by atomic mass is 16.5. The van der Waals surface area contributed by atoms with Crippen LogP contribution in [0.5, 0.6) is 5.75 Å². The predicted octanol–water partition coefficient (Wildman–Crippen LogP) is 0.805. The molecule has 1 aromatic carbocycles. The Hall–Kier alpha value is -2.30. The quantitative estimate of drug-likeness (QED) is 0.720. The van der Waals surface area contributed by atoms with Gasteiger partial charge in [0.1, 0.15) is 12.4 Å². The summed E-state index contributed by atoms with van der Waals surface area (Å²) < 4.78 is 5.19. The van der Waals surface area contributed by atoms with Crippen molar-refractivity contribution in [1.82, 2.24) is 0 Å². The number of amides is 1. The summed E-state index contributed by atoms with van der Waals surface area (Å²) in [5.41, 5.74) is 5.46. The van der Waals surface area contributed by atoms with Gasteiger partial charge in [0.25, 0.3) is 0 Å². The average Bonchev–Trinajstić information content (AvgIpc) is 2.25. The zero-order chi connectivity index (χ0) is 12.0. The third-order valence-electron chi connectivity index (χ3n) is 1.75. The molecule has 0 aliphatic rings. The van der Waals surface area contributed by atoms with Crippen LogP contribution in [-0.2, 0) is 4.79 Å². The fourth-order valence-electron chi connectivity index (χ4n) is 1.01. The number of aliphatic carboxylic acids is 1. The van der Waals surface area contributed by atoms with Crippen molar-refractivity contribution in [3.05, 3.63) is 42.0 Å². The van der Waals surface area contributed by atoms with Gasteiger partial charge in [-0.15, -0.1) is 0 Å². The number of carboxylic acids is 1. The second-order valence-corrected chi connectivity index (χ2v) is 2.94. The summed E-state index contributed by atoms with van der Waals surface area (Å²) in [5.74, 6) is -0.981. The van der Waals surface area contributed by atoms with E-state index in [0.717, 1.165) is 6.08 Å². The van der Waals surface area contributed by atoms with E-state index in [9.17, 15) is 9.59 Å². The van der Waals surface area contributed by atoms with E-state index < -0.39 is 11.9 Å². The molecule has 0 unspecified atom stereocenters. The van der Waals surface area contributed by atoms with Crippen molar-refractivity contribution < 1.29 is 19.4 Å². The lowest BCUT2D eigenvalue weighted by molar-refractivity contribution is -0.131. The van der Waals surface area contributed by atoms with Crippen molar-refractivity contribution >= 4 is 11.9 Å². The third kappa shape index (κ3) is 3.83. The van der Waals surface area contributed by atoms with Gasteiger partial charge in [-0.05, 0) is 30.3 Å². The van der Waals surface area contributed by atoms with Crippen LogP contribution in [0.2, 0.25) is 0 Å². The highest BCUT2D eigenvalue weighted by molar-refractivity contribution is 5.92. The second-order valence-electron chi connectivity index (χ2n) is 2.94. The molecule has 5 heteroatoms. The van der Waals surface area contributed by atoms with Crippen LogP contribution in [0.1, 0.15) is 10.4 Å². The molecule has 0 radical (unpaired) electrons. The van der Waals surface area contributed by atoms with Gasteiger partial charge in [-0.2, -0.15) is 0 Å². The lowest BCUT2D eigenvalue weighted by Crippen LogP contribution is -2.10. The summed E-state index contributed by atoms with van der Waals surface area (Å²) in [6.07, 6.45) is 2.38. The van der Waals surface area contributed by atoms with Crippen LogP contribution >= 0.6 is 0 Å². The summed E-state index contributed by atoms with van der Waals surface area (Å²) in [6.45, 7) is 0.155. The van der Waals surface area contributed by atoms with E-state index >= 15 is 0 Å². The van der Waals surface area contributed by atoms with Gasteiger partial charge in [-0.25, -0.2) is 4.79 Å². The fourth-order valence-corrected chi connectivity index (χ4v) is 1.01. The normalized spacial score (nSPS) is 10.2. The molecule has 0 spiro atoms. The van der Waals surface area contributed by atoms with E-state index in [0.29, 0.717) is 11.3 Å². The van der Waals surface area contributed by atoms with Gasteiger partial charge in [0.2, 0.25) is 5.91 Å². The van der Waals surface area contributed by atoms with E-state index in [1.165, 1.54) is 6.08 Å². The molecule has 0 saturated heterocycles. The molecule has 0 bridgehead atoms. The second kappa shape index (κ2) is 5.55. The van der Waals surface area contributed by atoms with Gasteiger partial charge in [0.05, 0.1) is 0 Å². The molecule has 0 aliphatic heterocycles. The van der Waals surface area contributed by atoms with Gasteiger partial charge in [-0.3, -0.25) is 4.79 Å². The first-order valence-corrected chi connectivity index (χ1v) is 4.51. The maximum absolute atomic E-state index is 10.8. The van der Waals surface area contributed by atoms with Crippen LogP contribution in [0, 0.1) is 0 Å². The number of rotatable bonds is 5. The summed E-state index contributed by atoms with van der Waals surface area (Å²) in [4.78, 5) is 20.9. The van der Waals surface area contributed by atoms with Crippen molar-refractivity contribution in [2.45, 2.75) is 0 Å². The molecule has 0 fully saturated rings. The Morgan fingerprint density at radius 2 is 1.94 bits per heavy atom. The van der Waals surface area contributed by atoms with E-state index in [2.05, 4.69) is 0 Å². The number of hydrogen-bond acceptors (Lipinski definition) is 3. The molecule has 3 N–H and O–H groups in total. The highest BCUT2D eigenvalue weighted by Gasteiger charge is 1.99. The van der Waals surface area contributed by atoms with Crippen molar-refractivity contribution in [2.75, 3.05) is 6.61 Å². The van der Waals surface area contributed by atoms with Gasteiger partial charge in [0.15, 0.2) is 0 Å². The van der Waals surface area contributed by atoms with Crippen molar-refractivity contribution in [1.29, 1.82) is 0 Å². The highest BCUT2D eigenvalue weighted by Crippen LogP contribution is 2.11.